The molecule has 3 atom stereocenters. The summed E-state index contributed by atoms with van der Waals surface area (Å²) in [6, 6.07) is 12.2. The van der Waals surface area contributed by atoms with Crippen molar-refractivity contribution in [3.05, 3.63) is 64.7 Å². The molecular formula is C24H26N2O3. The number of anilines is 1. The van der Waals surface area contributed by atoms with E-state index in [4.69, 9.17) is 0 Å². The molecule has 3 unspecified atom stereocenters. The molecule has 29 heavy (non-hydrogen) atoms. The molecular weight excluding hydrogens is 364 g/mol. The van der Waals surface area contributed by atoms with Crippen molar-refractivity contribution >= 4 is 23.4 Å². The van der Waals surface area contributed by atoms with Crippen LogP contribution in [0.4, 0.5) is 5.69 Å². The van der Waals surface area contributed by atoms with E-state index in [0.717, 1.165) is 18.4 Å². The van der Waals surface area contributed by atoms with Crippen LogP contribution >= 0.6 is 0 Å². The van der Waals surface area contributed by atoms with E-state index < -0.39 is 0 Å². The fourth-order valence-corrected chi connectivity index (χ4v) is 4.45. The molecule has 0 spiro atoms. The number of nitrogens with one attached hydrogen (secondary N) is 1. The highest BCUT2D eigenvalue weighted by Gasteiger charge is 2.38. The molecule has 1 saturated carbocycles. The number of carbonyl (C=O) groups is 3. The van der Waals surface area contributed by atoms with E-state index in [1.165, 1.54) is 11.3 Å². The Bertz CT molecular complexity index is 997. The Balaban J connectivity index is 1.59. The Labute approximate surface area is 171 Å². The van der Waals surface area contributed by atoms with Crippen molar-refractivity contribution in [1.82, 2.24) is 5.32 Å². The lowest BCUT2D eigenvalue weighted by molar-refractivity contribution is 0.0889. The average Bonchev–Trinajstić information content (AvgIpc) is 2.96. The summed E-state index contributed by atoms with van der Waals surface area (Å²) in [5.41, 5.74) is 2.47. The fourth-order valence-electron chi connectivity index (χ4n) is 4.45. The van der Waals surface area contributed by atoms with Gasteiger partial charge in [0.15, 0.2) is 0 Å². The summed E-state index contributed by atoms with van der Waals surface area (Å²) in [7, 11) is 0. The zero-order valence-electron chi connectivity index (χ0n) is 17.1. The average molecular weight is 390 g/mol. The number of para-hydroxylation sites is 1. The molecule has 1 aliphatic carbocycles. The highest BCUT2D eigenvalue weighted by atomic mass is 16.2. The molecule has 1 N–H and O–H groups in total. The molecule has 3 amide bonds. The van der Waals surface area contributed by atoms with Crippen molar-refractivity contribution in [1.29, 1.82) is 0 Å². The number of hydrogen-bond acceptors (Lipinski definition) is 3. The standard InChI is InChI=1S/C24H26N2O3/c1-14-8-6-9-20(16(14)3)25-22(27)17-11-12-18-19(13-17)24(29)26(23(18)28)21-10-5-4-7-15(21)2/h4-5,7,10-14,16,20H,6,8-9H2,1-3H3,(H,25,27). The van der Waals surface area contributed by atoms with Crippen LogP contribution in [0.15, 0.2) is 42.5 Å². The van der Waals surface area contributed by atoms with Gasteiger partial charge in [-0.3, -0.25) is 14.4 Å². The number of imide groups is 1. The molecule has 2 aromatic rings. The third-order valence-electron chi connectivity index (χ3n) is 6.53. The van der Waals surface area contributed by atoms with Gasteiger partial charge in [0.2, 0.25) is 0 Å². The minimum absolute atomic E-state index is 0.139. The lowest BCUT2D eigenvalue weighted by Crippen LogP contribution is -2.43. The fraction of sp³-hybridized carbons (Fsp3) is 0.375. The van der Waals surface area contributed by atoms with Gasteiger partial charge in [0.05, 0.1) is 16.8 Å². The predicted octanol–water partition coefficient (Wildman–Crippen LogP) is 4.35. The number of rotatable bonds is 3. The van der Waals surface area contributed by atoms with E-state index in [2.05, 4.69) is 19.2 Å². The van der Waals surface area contributed by atoms with Gasteiger partial charge in [-0.2, -0.15) is 0 Å². The molecule has 5 heteroatoms. The number of hydrogen-bond donors (Lipinski definition) is 1. The highest BCUT2D eigenvalue weighted by Crippen LogP contribution is 2.32. The first kappa shape index (κ1) is 19.4. The highest BCUT2D eigenvalue weighted by molar-refractivity contribution is 6.35. The second-order valence-electron chi connectivity index (χ2n) is 8.34. The van der Waals surface area contributed by atoms with Gasteiger partial charge in [-0.1, -0.05) is 44.9 Å². The zero-order chi connectivity index (χ0) is 20.7. The summed E-state index contributed by atoms with van der Waals surface area (Å²) >= 11 is 0. The number of carbonyl (C=O) groups excluding carboxylic acids is 3. The first-order valence-corrected chi connectivity index (χ1v) is 10.3. The van der Waals surface area contributed by atoms with Crippen LogP contribution in [0, 0.1) is 18.8 Å². The van der Waals surface area contributed by atoms with Crippen LogP contribution in [0.25, 0.3) is 0 Å². The van der Waals surface area contributed by atoms with E-state index in [1.807, 2.05) is 19.1 Å². The number of aryl methyl sites for hydroxylation is 1. The van der Waals surface area contributed by atoms with Crippen LogP contribution in [-0.2, 0) is 0 Å². The summed E-state index contributed by atoms with van der Waals surface area (Å²) < 4.78 is 0. The molecule has 1 heterocycles. The number of amides is 3. The van der Waals surface area contributed by atoms with E-state index >= 15 is 0 Å². The molecule has 2 aromatic carbocycles. The maximum atomic E-state index is 13.0. The van der Waals surface area contributed by atoms with Crippen molar-refractivity contribution in [3.8, 4) is 0 Å². The van der Waals surface area contributed by atoms with E-state index in [9.17, 15) is 14.4 Å². The van der Waals surface area contributed by atoms with E-state index in [-0.39, 0.29) is 29.3 Å². The quantitative estimate of drug-likeness (QED) is 0.793. The van der Waals surface area contributed by atoms with Gasteiger partial charge in [-0.15, -0.1) is 0 Å². The van der Waals surface area contributed by atoms with Crippen LogP contribution in [0.2, 0.25) is 0 Å². The lowest BCUT2D eigenvalue weighted by atomic mass is 9.78. The zero-order valence-corrected chi connectivity index (χ0v) is 17.1. The van der Waals surface area contributed by atoms with E-state index in [1.54, 1.807) is 30.3 Å². The summed E-state index contributed by atoms with van der Waals surface area (Å²) in [5, 5.41) is 3.14. The number of nitrogens with zero attached hydrogens (tertiary/aromatic N) is 1. The van der Waals surface area contributed by atoms with Gasteiger partial charge in [-0.05, 0) is 55.0 Å². The summed E-state index contributed by atoms with van der Waals surface area (Å²) in [6.45, 7) is 6.27. The largest absolute Gasteiger partial charge is 0.349 e. The normalized spacial score (nSPS) is 23.8. The Morgan fingerprint density at radius 1 is 1.00 bits per heavy atom. The molecule has 1 aliphatic heterocycles. The van der Waals surface area contributed by atoms with Gasteiger partial charge in [0.25, 0.3) is 17.7 Å². The van der Waals surface area contributed by atoms with Gasteiger partial charge in [0, 0.05) is 11.6 Å². The van der Waals surface area contributed by atoms with Gasteiger partial charge < -0.3 is 5.32 Å². The SMILES string of the molecule is Cc1ccccc1N1C(=O)c2ccc(C(=O)NC3CCCC(C)C3C)cc2C1=O. The molecule has 1 fully saturated rings. The van der Waals surface area contributed by atoms with Crippen LogP contribution in [-0.4, -0.2) is 23.8 Å². The number of benzene rings is 2. The second kappa shape index (κ2) is 7.47. The van der Waals surface area contributed by atoms with Crippen LogP contribution in [0.1, 0.15) is 69.7 Å². The summed E-state index contributed by atoms with van der Waals surface area (Å²) in [4.78, 5) is 39.9. The first-order chi connectivity index (χ1) is 13.9. The van der Waals surface area contributed by atoms with E-state index in [0.29, 0.717) is 28.7 Å². The Morgan fingerprint density at radius 2 is 1.72 bits per heavy atom. The third kappa shape index (κ3) is 3.35. The van der Waals surface area contributed by atoms with Crippen LogP contribution in [0.3, 0.4) is 0 Å². The maximum absolute atomic E-state index is 13.0. The van der Waals surface area contributed by atoms with Gasteiger partial charge >= 0.3 is 0 Å². The minimum atomic E-state index is -0.381. The molecule has 0 saturated heterocycles. The lowest BCUT2D eigenvalue weighted by Gasteiger charge is -2.34. The molecule has 0 bridgehead atoms. The van der Waals surface area contributed by atoms with Crippen molar-refractivity contribution in [2.24, 2.45) is 11.8 Å². The molecule has 5 nitrogen and oxygen atoms in total. The molecule has 150 valence electrons. The number of fused-ring (bicyclic) bond motifs is 1. The van der Waals surface area contributed by atoms with Gasteiger partial charge in [-0.25, -0.2) is 4.90 Å². The van der Waals surface area contributed by atoms with Crippen molar-refractivity contribution in [2.45, 2.75) is 46.1 Å². The van der Waals surface area contributed by atoms with Crippen molar-refractivity contribution < 1.29 is 14.4 Å². The first-order valence-electron chi connectivity index (χ1n) is 10.3. The van der Waals surface area contributed by atoms with Gasteiger partial charge in [0.1, 0.15) is 0 Å². The third-order valence-corrected chi connectivity index (χ3v) is 6.53. The minimum Gasteiger partial charge on any atom is -0.349 e. The van der Waals surface area contributed by atoms with Crippen LogP contribution in [0.5, 0.6) is 0 Å². The van der Waals surface area contributed by atoms with Crippen LogP contribution < -0.4 is 10.2 Å². The smallest absolute Gasteiger partial charge is 0.266 e. The second-order valence-corrected chi connectivity index (χ2v) is 8.34. The summed E-state index contributed by atoms with van der Waals surface area (Å²) in [6.07, 6.45) is 3.28. The Kier molecular flexibility index (Phi) is 4.99. The topological polar surface area (TPSA) is 66.5 Å². The summed E-state index contributed by atoms with van der Waals surface area (Å²) in [5.74, 6) is 0.0840. The van der Waals surface area contributed by atoms with Crippen molar-refractivity contribution in [3.63, 3.8) is 0 Å². The maximum Gasteiger partial charge on any atom is 0.266 e. The predicted molar refractivity (Wildman–Crippen MR) is 112 cm³/mol. The monoisotopic (exact) mass is 390 g/mol. The molecule has 2 aliphatic rings. The Morgan fingerprint density at radius 3 is 2.48 bits per heavy atom. The van der Waals surface area contributed by atoms with Crippen molar-refractivity contribution in [2.75, 3.05) is 4.90 Å². The molecule has 4 rings (SSSR count). The molecule has 0 radical (unpaired) electrons. The Hall–Kier alpha value is -2.95. The molecule has 0 aromatic heterocycles.